The summed E-state index contributed by atoms with van der Waals surface area (Å²) in [5, 5.41) is 2.96. The van der Waals surface area contributed by atoms with Crippen LogP contribution in [-0.4, -0.2) is 42.5 Å². The second kappa shape index (κ2) is 7.38. The molecule has 112 valence electrons. The molecule has 1 heterocycles. The number of thiazole rings is 1. The molecule has 0 bridgehead atoms. The molecule has 1 aromatic rings. The Balaban J connectivity index is 2.54. The average Bonchev–Trinajstić information content (AvgIpc) is 2.86. The summed E-state index contributed by atoms with van der Waals surface area (Å²) in [6, 6.07) is 0. The van der Waals surface area contributed by atoms with Crippen LogP contribution in [0.2, 0.25) is 0 Å². The first-order chi connectivity index (χ1) is 9.35. The smallest absolute Gasteiger partial charge is 0.310 e. The summed E-state index contributed by atoms with van der Waals surface area (Å²) in [7, 11) is 3.04. The summed E-state index contributed by atoms with van der Waals surface area (Å²) < 4.78 is 4.65. The zero-order valence-corrected chi connectivity index (χ0v) is 13.5. The fourth-order valence-corrected chi connectivity index (χ4v) is 2.58. The Morgan fingerprint density at radius 3 is 2.55 bits per heavy atom. The van der Waals surface area contributed by atoms with E-state index in [0.29, 0.717) is 12.5 Å². The van der Waals surface area contributed by atoms with Gasteiger partial charge in [-0.2, -0.15) is 0 Å². The van der Waals surface area contributed by atoms with E-state index < -0.39 is 0 Å². The summed E-state index contributed by atoms with van der Waals surface area (Å²) >= 11 is 1.58. The van der Waals surface area contributed by atoms with Crippen molar-refractivity contribution in [2.24, 2.45) is 5.92 Å². The van der Waals surface area contributed by atoms with Gasteiger partial charge in [-0.05, 0) is 0 Å². The van der Waals surface area contributed by atoms with Crippen LogP contribution in [0, 0.1) is 5.92 Å². The highest BCUT2D eigenvalue weighted by atomic mass is 32.1. The van der Waals surface area contributed by atoms with Gasteiger partial charge in [0.2, 0.25) is 5.91 Å². The summed E-state index contributed by atoms with van der Waals surface area (Å²) in [4.78, 5) is 29.4. The molecule has 1 atom stereocenters. The number of hydrogen-bond acceptors (Lipinski definition) is 5. The van der Waals surface area contributed by atoms with Crippen molar-refractivity contribution in [3.63, 3.8) is 0 Å². The standard InChI is InChI=1S/C14H22N2O3S/c1-9(2)13-15-11(8-20-13)6-12(17)16(4)7-10(3)14(18)19-5/h8-10H,6-7H2,1-5H3. The molecule has 0 saturated heterocycles. The van der Waals surface area contributed by atoms with Crippen molar-refractivity contribution in [1.82, 2.24) is 9.88 Å². The third-order valence-corrected chi connectivity index (χ3v) is 4.17. The lowest BCUT2D eigenvalue weighted by atomic mass is 10.1. The maximum absolute atomic E-state index is 12.1. The molecule has 0 aliphatic rings. The van der Waals surface area contributed by atoms with Crippen molar-refractivity contribution in [3.8, 4) is 0 Å². The highest BCUT2D eigenvalue weighted by Gasteiger charge is 2.19. The summed E-state index contributed by atoms with van der Waals surface area (Å²) in [6.07, 6.45) is 0.271. The number of ether oxygens (including phenoxy) is 1. The topological polar surface area (TPSA) is 59.5 Å². The Labute approximate surface area is 124 Å². The van der Waals surface area contributed by atoms with Crippen LogP contribution in [0.4, 0.5) is 0 Å². The Hall–Kier alpha value is -1.43. The fourth-order valence-electron chi connectivity index (χ4n) is 1.75. The largest absolute Gasteiger partial charge is 0.469 e. The molecule has 6 heteroatoms. The van der Waals surface area contributed by atoms with Crippen molar-refractivity contribution in [2.75, 3.05) is 20.7 Å². The summed E-state index contributed by atoms with van der Waals surface area (Å²) in [6.45, 7) is 6.26. The highest BCUT2D eigenvalue weighted by Crippen LogP contribution is 2.19. The first-order valence-electron chi connectivity index (χ1n) is 6.61. The Kier molecular flexibility index (Phi) is 6.13. The molecule has 1 amide bonds. The third kappa shape index (κ3) is 4.59. The molecule has 0 N–H and O–H groups in total. The molecule has 0 saturated carbocycles. The van der Waals surface area contributed by atoms with E-state index in [1.165, 1.54) is 7.11 Å². The number of carbonyl (C=O) groups excluding carboxylic acids is 2. The van der Waals surface area contributed by atoms with E-state index >= 15 is 0 Å². The van der Waals surface area contributed by atoms with E-state index in [2.05, 4.69) is 23.6 Å². The van der Waals surface area contributed by atoms with Crippen LogP contribution >= 0.6 is 11.3 Å². The van der Waals surface area contributed by atoms with E-state index in [4.69, 9.17) is 0 Å². The number of methoxy groups -OCH3 is 1. The minimum absolute atomic E-state index is 0.0404. The molecule has 0 aliphatic heterocycles. The van der Waals surface area contributed by atoms with Crippen molar-refractivity contribution in [3.05, 3.63) is 16.1 Å². The van der Waals surface area contributed by atoms with Crippen LogP contribution in [0.15, 0.2) is 5.38 Å². The van der Waals surface area contributed by atoms with Crippen LogP contribution in [0.3, 0.4) is 0 Å². The Morgan fingerprint density at radius 1 is 1.40 bits per heavy atom. The normalized spacial score (nSPS) is 12.3. The van der Waals surface area contributed by atoms with Crippen molar-refractivity contribution >= 4 is 23.2 Å². The zero-order valence-electron chi connectivity index (χ0n) is 12.7. The second-order valence-electron chi connectivity index (χ2n) is 5.21. The van der Waals surface area contributed by atoms with E-state index in [1.54, 1.807) is 30.2 Å². The van der Waals surface area contributed by atoms with Gasteiger partial charge in [0.1, 0.15) is 0 Å². The molecular weight excluding hydrogens is 276 g/mol. The summed E-state index contributed by atoms with van der Waals surface area (Å²) in [5.41, 5.74) is 0.793. The molecule has 1 aromatic heterocycles. The van der Waals surface area contributed by atoms with Gasteiger partial charge in [-0.3, -0.25) is 9.59 Å². The maximum Gasteiger partial charge on any atom is 0.310 e. The molecule has 20 heavy (non-hydrogen) atoms. The molecule has 1 unspecified atom stereocenters. The lowest BCUT2D eigenvalue weighted by Crippen LogP contribution is -2.35. The molecule has 5 nitrogen and oxygen atoms in total. The second-order valence-corrected chi connectivity index (χ2v) is 6.10. The molecular formula is C14H22N2O3S. The minimum atomic E-state index is -0.324. The highest BCUT2D eigenvalue weighted by molar-refractivity contribution is 7.09. The number of carbonyl (C=O) groups is 2. The number of rotatable bonds is 6. The van der Waals surface area contributed by atoms with Crippen LogP contribution in [-0.2, 0) is 20.7 Å². The van der Waals surface area contributed by atoms with Crippen LogP contribution in [0.5, 0.6) is 0 Å². The molecule has 0 spiro atoms. The number of aromatic nitrogens is 1. The zero-order chi connectivity index (χ0) is 15.3. The van der Waals surface area contributed by atoms with Crippen molar-refractivity contribution in [2.45, 2.75) is 33.1 Å². The first kappa shape index (κ1) is 16.6. The SMILES string of the molecule is COC(=O)C(C)CN(C)C(=O)Cc1csc(C(C)C)n1. The van der Waals surface area contributed by atoms with Crippen molar-refractivity contribution in [1.29, 1.82) is 0 Å². The van der Waals surface area contributed by atoms with Crippen LogP contribution in [0.25, 0.3) is 0 Å². The molecule has 1 rings (SSSR count). The van der Waals surface area contributed by atoms with Gasteiger partial charge in [0.25, 0.3) is 0 Å². The van der Waals surface area contributed by atoms with Crippen LogP contribution < -0.4 is 0 Å². The van der Waals surface area contributed by atoms with Gasteiger partial charge in [-0.25, -0.2) is 4.98 Å². The number of esters is 1. The van der Waals surface area contributed by atoms with E-state index in [-0.39, 0.29) is 24.2 Å². The van der Waals surface area contributed by atoms with Crippen molar-refractivity contribution < 1.29 is 14.3 Å². The molecule has 0 radical (unpaired) electrons. The molecule has 0 aromatic carbocycles. The Bertz CT molecular complexity index is 471. The minimum Gasteiger partial charge on any atom is -0.469 e. The monoisotopic (exact) mass is 298 g/mol. The lowest BCUT2D eigenvalue weighted by molar-refractivity contribution is -0.146. The number of amides is 1. The van der Waals surface area contributed by atoms with Gasteiger partial charge in [0.05, 0.1) is 30.2 Å². The summed E-state index contributed by atoms with van der Waals surface area (Å²) in [5.74, 6) is -0.293. The number of nitrogens with zero attached hydrogens (tertiary/aromatic N) is 2. The lowest BCUT2D eigenvalue weighted by Gasteiger charge is -2.19. The van der Waals surface area contributed by atoms with Gasteiger partial charge in [0.15, 0.2) is 0 Å². The molecule has 0 aliphatic carbocycles. The third-order valence-electron chi connectivity index (χ3n) is 2.97. The average molecular weight is 298 g/mol. The van der Waals surface area contributed by atoms with Gasteiger partial charge in [0, 0.05) is 24.9 Å². The fraction of sp³-hybridized carbons (Fsp3) is 0.643. The van der Waals surface area contributed by atoms with Gasteiger partial charge in [-0.1, -0.05) is 20.8 Å². The maximum atomic E-state index is 12.1. The predicted octanol–water partition coefficient (Wildman–Crippen LogP) is 2.08. The Morgan fingerprint density at radius 2 is 2.05 bits per heavy atom. The van der Waals surface area contributed by atoms with E-state index in [1.807, 2.05) is 5.38 Å². The predicted molar refractivity (Wildman–Crippen MR) is 78.7 cm³/mol. The van der Waals surface area contributed by atoms with Crippen LogP contribution in [0.1, 0.15) is 37.4 Å². The van der Waals surface area contributed by atoms with E-state index in [9.17, 15) is 9.59 Å². The molecule has 0 fully saturated rings. The van der Waals surface area contributed by atoms with Gasteiger partial charge in [-0.15, -0.1) is 11.3 Å². The quantitative estimate of drug-likeness (QED) is 0.754. The van der Waals surface area contributed by atoms with Gasteiger partial charge >= 0.3 is 5.97 Å². The number of likely N-dealkylation sites (N-methyl/N-ethyl adjacent to an activating group) is 1. The van der Waals surface area contributed by atoms with Gasteiger partial charge < -0.3 is 9.64 Å². The van der Waals surface area contributed by atoms with E-state index in [0.717, 1.165) is 10.7 Å². The first-order valence-corrected chi connectivity index (χ1v) is 7.49. The number of hydrogen-bond donors (Lipinski definition) is 0.